The number of aromatic nitrogens is 1. The molecule has 3 N–H and O–H groups in total. The van der Waals surface area contributed by atoms with Gasteiger partial charge in [0.2, 0.25) is 5.88 Å². The summed E-state index contributed by atoms with van der Waals surface area (Å²) in [6, 6.07) is 1.22. The van der Waals surface area contributed by atoms with Crippen molar-refractivity contribution in [2.45, 2.75) is 33.1 Å². The summed E-state index contributed by atoms with van der Waals surface area (Å²) < 4.78 is 62.9. The van der Waals surface area contributed by atoms with Gasteiger partial charge >= 0.3 is 13.3 Å². The molecule has 1 heterocycles. The number of alkyl halides is 3. The van der Waals surface area contributed by atoms with Gasteiger partial charge in [0, 0.05) is 17.2 Å². The molecule has 0 aliphatic heterocycles. The summed E-state index contributed by atoms with van der Waals surface area (Å²) in [5, 5.41) is 21.0. The molecular formula is C18H19BF4N2O5. The number of hydrogen-bond acceptors (Lipinski definition) is 6. The highest BCUT2D eigenvalue weighted by atomic mass is 19.4. The van der Waals surface area contributed by atoms with Gasteiger partial charge in [0.05, 0.1) is 18.4 Å². The van der Waals surface area contributed by atoms with Crippen molar-refractivity contribution in [3.8, 4) is 11.6 Å². The molecule has 1 amide bonds. The number of methoxy groups -OCH3 is 1. The Bertz CT molecular complexity index is 953. The van der Waals surface area contributed by atoms with Crippen molar-refractivity contribution >= 4 is 24.2 Å². The summed E-state index contributed by atoms with van der Waals surface area (Å²) in [5.41, 5.74) is -0.0692. The predicted molar refractivity (Wildman–Crippen MR) is 101 cm³/mol. The van der Waals surface area contributed by atoms with E-state index in [2.05, 4.69) is 10.3 Å². The molecule has 0 saturated heterocycles. The Hall–Kier alpha value is -2.86. The number of rotatable bonds is 6. The van der Waals surface area contributed by atoms with Crippen LogP contribution in [0.15, 0.2) is 18.3 Å². The van der Waals surface area contributed by atoms with Gasteiger partial charge < -0.3 is 24.8 Å². The fraction of sp³-hybridized carbons (Fsp3) is 0.333. The van der Waals surface area contributed by atoms with Crippen molar-refractivity contribution in [1.29, 1.82) is 0 Å². The van der Waals surface area contributed by atoms with Crippen LogP contribution in [0.3, 0.4) is 0 Å². The average Bonchev–Trinajstić information content (AvgIpc) is 2.65. The number of aryl methyl sites for hydroxylation is 1. The largest absolute Gasteiger partial charge is 0.491 e. The minimum atomic E-state index is -4.77. The number of carbonyl (C=O) groups is 1. The second kappa shape index (κ2) is 8.88. The fourth-order valence-corrected chi connectivity index (χ4v) is 2.60. The second-order valence-corrected chi connectivity index (χ2v) is 6.45. The van der Waals surface area contributed by atoms with Gasteiger partial charge in [-0.05, 0) is 38.5 Å². The van der Waals surface area contributed by atoms with Gasteiger partial charge in [-0.25, -0.2) is 9.37 Å². The Kier molecular flexibility index (Phi) is 6.93. The summed E-state index contributed by atoms with van der Waals surface area (Å²) in [4.78, 5) is 16.8. The third-order valence-electron chi connectivity index (χ3n) is 4.28. The third kappa shape index (κ3) is 5.00. The normalized spacial score (nSPS) is 12.3. The van der Waals surface area contributed by atoms with E-state index in [1.165, 1.54) is 13.3 Å². The summed E-state index contributed by atoms with van der Waals surface area (Å²) in [5.74, 6) is -2.64. The molecule has 1 aromatic carbocycles. The van der Waals surface area contributed by atoms with Gasteiger partial charge in [-0.3, -0.25) is 4.79 Å². The van der Waals surface area contributed by atoms with E-state index in [0.717, 1.165) is 0 Å². The van der Waals surface area contributed by atoms with Crippen LogP contribution in [0.25, 0.3) is 0 Å². The maximum atomic E-state index is 14.2. The van der Waals surface area contributed by atoms with Crippen molar-refractivity contribution in [1.82, 2.24) is 4.98 Å². The molecule has 7 nitrogen and oxygen atoms in total. The molecule has 1 atom stereocenters. The molecule has 0 spiro atoms. The summed E-state index contributed by atoms with van der Waals surface area (Å²) >= 11 is 0. The lowest BCUT2D eigenvalue weighted by Crippen LogP contribution is -2.36. The first-order chi connectivity index (χ1) is 13.9. The van der Waals surface area contributed by atoms with Gasteiger partial charge in [0.15, 0.2) is 6.10 Å². The highest BCUT2D eigenvalue weighted by molar-refractivity contribution is 6.58. The first-order valence-electron chi connectivity index (χ1n) is 8.61. The van der Waals surface area contributed by atoms with Crippen molar-refractivity contribution in [3.05, 3.63) is 40.8 Å². The van der Waals surface area contributed by atoms with Crippen LogP contribution in [0.2, 0.25) is 0 Å². The number of nitrogens with zero attached hydrogens (tertiary/aromatic N) is 1. The molecule has 2 aromatic rings. The number of ether oxygens (including phenoxy) is 2. The molecule has 0 fully saturated rings. The first kappa shape index (κ1) is 23.4. The fourth-order valence-electron chi connectivity index (χ4n) is 2.60. The van der Waals surface area contributed by atoms with Crippen LogP contribution in [0.5, 0.6) is 11.6 Å². The number of pyridine rings is 1. The highest BCUT2D eigenvalue weighted by Gasteiger charge is 2.39. The van der Waals surface area contributed by atoms with Gasteiger partial charge in [-0.1, -0.05) is 0 Å². The molecule has 0 unspecified atom stereocenters. The lowest BCUT2D eigenvalue weighted by atomic mass is 9.79. The summed E-state index contributed by atoms with van der Waals surface area (Å²) in [6.07, 6.45) is -5.70. The van der Waals surface area contributed by atoms with E-state index in [1.54, 1.807) is 13.8 Å². The van der Waals surface area contributed by atoms with Crippen molar-refractivity contribution < 1.29 is 41.9 Å². The van der Waals surface area contributed by atoms with E-state index in [-0.39, 0.29) is 11.6 Å². The SMILES string of the molecule is COc1ncc(C)c(NC(=O)c2cc(F)c(B(O)O)cc2O[C@@H](C)C(F)(F)F)c1C. The van der Waals surface area contributed by atoms with E-state index in [4.69, 9.17) is 9.47 Å². The molecular weight excluding hydrogens is 411 g/mol. The number of carbonyl (C=O) groups excluding carboxylic acids is 1. The van der Waals surface area contributed by atoms with Gasteiger partial charge in [-0.15, -0.1) is 0 Å². The number of anilines is 1. The molecule has 30 heavy (non-hydrogen) atoms. The average molecular weight is 430 g/mol. The second-order valence-electron chi connectivity index (χ2n) is 6.45. The number of halogens is 4. The van der Waals surface area contributed by atoms with E-state index in [9.17, 15) is 32.4 Å². The molecule has 12 heteroatoms. The van der Waals surface area contributed by atoms with Gasteiger partial charge in [-0.2, -0.15) is 13.2 Å². The molecule has 0 saturated carbocycles. The topological polar surface area (TPSA) is 101 Å². The lowest BCUT2D eigenvalue weighted by Gasteiger charge is -2.21. The summed E-state index contributed by atoms with van der Waals surface area (Å²) in [7, 11) is -0.950. The molecule has 0 bridgehead atoms. The van der Waals surface area contributed by atoms with Crippen LogP contribution in [-0.4, -0.2) is 47.4 Å². The Labute approximate surface area is 169 Å². The monoisotopic (exact) mass is 430 g/mol. The van der Waals surface area contributed by atoms with Crippen LogP contribution in [-0.2, 0) is 0 Å². The smallest absolute Gasteiger partial charge is 0.481 e. The minimum absolute atomic E-state index is 0.211. The first-order valence-corrected chi connectivity index (χ1v) is 8.61. The quantitative estimate of drug-likeness (QED) is 0.480. The Morgan fingerprint density at radius 3 is 2.43 bits per heavy atom. The lowest BCUT2D eigenvalue weighted by molar-refractivity contribution is -0.189. The molecule has 162 valence electrons. The van der Waals surface area contributed by atoms with Crippen LogP contribution < -0.4 is 20.3 Å². The van der Waals surface area contributed by atoms with E-state index >= 15 is 0 Å². The zero-order valence-corrected chi connectivity index (χ0v) is 16.5. The van der Waals surface area contributed by atoms with Crippen molar-refractivity contribution in [2.75, 3.05) is 12.4 Å². The molecule has 2 rings (SSSR count). The Balaban J connectivity index is 2.52. The zero-order chi connectivity index (χ0) is 22.8. The number of benzene rings is 1. The van der Waals surface area contributed by atoms with Crippen LogP contribution in [0.1, 0.15) is 28.4 Å². The van der Waals surface area contributed by atoms with Crippen molar-refractivity contribution in [2.24, 2.45) is 0 Å². The number of hydrogen-bond donors (Lipinski definition) is 3. The summed E-state index contributed by atoms with van der Waals surface area (Å²) in [6.45, 7) is 3.93. The standard InChI is InChI=1S/C18H19BF4N2O5/c1-8-7-24-17(29-4)9(2)15(8)25-16(26)11-5-13(20)12(19(27)28)6-14(11)30-10(3)18(21,22)23/h5-7,10,27-28H,1-4H3,(H,24,25,26)/t10-/m0/s1. The van der Waals surface area contributed by atoms with E-state index < -0.39 is 47.9 Å². The van der Waals surface area contributed by atoms with Crippen LogP contribution >= 0.6 is 0 Å². The van der Waals surface area contributed by atoms with Gasteiger partial charge in [0.25, 0.3) is 5.91 Å². The van der Waals surface area contributed by atoms with E-state index in [0.29, 0.717) is 30.2 Å². The third-order valence-corrected chi connectivity index (χ3v) is 4.28. The van der Waals surface area contributed by atoms with Crippen LogP contribution in [0, 0.1) is 19.7 Å². The minimum Gasteiger partial charge on any atom is -0.481 e. The van der Waals surface area contributed by atoms with E-state index in [1.807, 2.05) is 0 Å². The number of amides is 1. The number of nitrogens with one attached hydrogen (secondary N) is 1. The van der Waals surface area contributed by atoms with Gasteiger partial charge in [0.1, 0.15) is 11.6 Å². The maximum absolute atomic E-state index is 14.2. The predicted octanol–water partition coefficient (Wildman–Crippen LogP) is 2.11. The maximum Gasteiger partial charge on any atom is 0.491 e. The Morgan fingerprint density at radius 1 is 1.27 bits per heavy atom. The molecule has 1 aromatic heterocycles. The molecule has 0 aliphatic rings. The van der Waals surface area contributed by atoms with Crippen molar-refractivity contribution in [3.63, 3.8) is 0 Å². The zero-order valence-electron chi connectivity index (χ0n) is 16.5. The molecule has 0 radical (unpaired) electrons. The highest BCUT2D eigenvalue weighted by Crippen LogP contribution is 2.30. The van der Waals surface area contributed by atoms with Crippen LogP contribution in [0.4, 0.5) is 23.2 Å². The Morgan fingerprint density at radius 2 is 1.90 bits per heavy atom. The molecule has 0 aliphatic carbocycles.